The predicted molar refractivity (Wildman–Crippen MR) is 65.2 cm³/mol. The first kappa shape index (κ1) is 12.8. The van der Waals surface area contributed by atoms with E-state index in [1.807, 2.05) is 0 Å². The van der Waals surface area contributed by atoms with Gasteiger partial charge in [0.1, 0.15) is 11.7 Å². The molecule has 88 valence electrons. The zero-order valence-electron chi connectivity index (χ0n) is 8.74. The van der Waals surface area contributed by atoms with Crippen LogP contribution in [-0.2, 0) is 0 Å². The van der Waals surface area contributed by atoms with Gasteiger partial charge in [-0.05, 0) is 34.1 Å². The van der Waals surface area contributed by atoms with E-state index in [1.165, 1.54) is 6.07 Å². The molecule has 0 aromatic heterocycles. The molecular formula is C10H13BrFN3O. The number of hydrogen-bond acceptors (Lipinski definition) is 3. The van der Waals surface area contributed by atoms with E-state index in [0.29, 0.717) is 16.7 Å². The normalized spacial score (nSPS) is 13.6. The van der Waals surface area contributed by atoms with Gasteiger partial charge in [-0.15, -0.1) is 0 Å². The van der Waals surface area contributed by atoms with Crippen LogP contribution < -0.4 is 11.1 Å². The first-order valence-electron chi connectivity index (χ1n) is 4.71. The standard InChI is InChI=1S/C10H13BrFN3O/c1-6(10(13)15-16)5-14-7-2-3-8(11)9(12)4-7/h2-4,6,14,16H,5H2,1H3,(H2,13,15). The molecule has 0 radical (unpaired) electrons. The summed E-state index contributed by atoms with van der Waals surface area (Å²) in [6.07, 6.45) is 0. The summed E-state index contributed by atoms with van der Waals surface area (Å²) in [4.78, 5) is 0. The molecule has 4 nitrogen and oxygen atoms in total. The Bertz CT molecular complexity index is 398. The van der Waals surface area contributed by atoms with E-state index < -0.39 is 0 Å². The molecule has 16 heavy (non-hydrogen) atoms. The highest BCUT2D eigenvalue weighted by atomic mass is 79.9. The van der Waals surface area contributed by atoms with Gasteiger partial charge < -0.3 is 16.3 Å². The largest absolute Gasteiger partial charge is 0.409 e. The van der Waals surface area contributed by atoms with Crippen molar-refractivity contribution in [3.8, 4) is 0 Å². The van der Waals surface area contributed by atoms with Gasteiger partial charge in [-0.1, -0.05) is 12.1 Å². The monoisotopic (exact) mass is 289 g/mol. The molecule has 0 saturated carbocycles. The molecule has 0 saturated heterocycles. The van der Waals surface area contributed by atoms with Crippen molar-refractivity contribution in [1.29, 1.82) is 0 Å². The highest BCUT2D eigenvalue weighted by molar-refractivity contribution is 9.10. The second kappa shape index (κ2) is 5.69. The number of anilines is 1. The van der Waals surface area contributed by atoms with E-state index in [0.717, 1.165) is 0 Å². The molecule has 1 atom stereocenters. The number of nitrogens with zero attached hydrogens (tertiary/aromatic N) is 1. The molecule has 0 aliphatic rings. The number of hydrogen-bond donors (Lipinski definition) is 3. The summed E-state index contributed by atoms with van der Waals surface area (Å²) < 4.78 is 13.6. The van der Waals surface area contributed by atoms with E-state index in [9.17, 15) is 4.39 Å². The third-order valence-electron chi connectivity index (χ3n) is 2.15. The molecule has 4 N–H and O–H groups in total. The van der Waals surface area contributed by atoms with Crippen molar-refractivity contribution in [3.63, 3.8) is 0 Å². The molecule has 1 unspecified atom stereocenters. The van der Waals surface area contributed by atoms with Crippen LogP contribution in [0.25, 0.3) is 0 Å². The first-order chi connectivity index (χ1) is 7.54. The summed E-state index contributed by atoms with van der Waals surface area (Å²) >= 11 is 3.07. The fourth-order valence-corrected chi connectivity index (χ4v) is 1.33. The average molecular weight is 290 g/mol. The van der Waals surface area contributed by atoms with Gasteiger partial charge in [-0.25, -0.2) is 4.39 Å². The third-order valence-corrected chi connectivity index (χ3v) is 2.80. The van der Waals surface area contributed by atoms with Gasteiger partial charge in [0.05, 0.1) is 4.47 Å². The lowest BCUT2D eigenvalue weighted by atomic mass is 10.1. The summed E-state index contributed by atoms with van der Waals surface area (Å²) in [6, 6.07) is 4.74. The number of oxime groups is 1. The van der Waals surface area contributed by atoms with Crippen LogP contribution in [0.1, 0.15) is 6.92 Å². The van der Waals surface area contributed by atoms with Crippen LogP contribution in [0.2, 0.25) is 0 Å². The lowest BCUT2D eigenvalue weighted by Gasteiger charge is -2.12. The Hall–Kier alpha value is -1.30. The Morgan fingerprint density at radius 2 is 2.38 bits per heavy atom. The number of halogens is 2. The van der Waals surface area contributed by atoms with Crippen LogP contribution in [0.15, 0.2) is 27.8 Å². The minimum absolute atomic E-state index is 0.128. The fraction of sp³-hybridized carbons (Fsp3) is 0.300. The van der Waals surface area contributed by atoms with Gasteiger partial charge in [0, 0.05) is 18.2 Å². The van der Waals surface area contributed by atoms with Crippen molar-refractivity contribution in [2.24, 2.45) is 16.8 Å². The summed E-state index contributed by atoms with van der Waals surface area (Å²) in [5, 5.41) is 14.4. The maximum Gasteiger partial charge on any atom is 0.143 e. The number of amidine groups is 1. The molecule has 6 heteroatoms. The molecule has 0 bridgehead atoms. The van der Waals surface area contributed by atoms with Crippen LogP contribution >= 0.6 is 15.9 Å². The maximum absolute atomic E-state index is 13.2. The Kier molecular flexibility index (Phi) is 4.54. The van der Waals surface area contributed by atoms with Gasteiger partial charge in [-0.3, -0.25) is 0 Å². The van der Waals surface area contributed by atoms with Crippen molar-refractivity contribution < 1.29 is 9.60 Å². The molecule has 0 amide bonds. The van der Waals surface area contributed by atoms with Crippen molar-refractivity contribution in [3.05, 3.63) is 28.5 Å². The molecular weight excluding hydrogens is 277 g/mol. The molecule has 0 aliphatic heterocycles. The molecule has 0 aliphatic carbocycles. The SMILES string of the molecule is CC(CNc1ccc(Br)c(F)c1)C(N)=NO. The topological polar surface area (TPSA) is 70.6 Å². The van der Waals surface area contributed by atoms with Crippen molar-refractivity contribution in [2.75, 3.05) is 11.9 Å². The lowest BCUT2D eigenvalue weighted by molar-refractivity contribution is 0.315. The minimum Gasteiger partial charge on any atom is -0.409 e. The van der Waals surface area contributed by atoms with Crippen molar-refractivity contribution in [2.45, 2.75) is 6.92 Å². The molecule has 1 aromatic rings. The first-order valence-corrected chi connectivity index (χ1v) is 5.50. The Labute approximate surface area is 101 Å². The zero-order valence-corrected chi connectivity index (χ0v) is 10.3. The maximum atomic E-state index is 13.2. The van der Waals surface area contributed by atoms with Gasteiger partial charge in [0.25, 0.3) is 0 Å². The van der Waals surface area contributed by atoms with E-state index >= 15 is 0 Å². The second-order valence-electron chi connectivity index (χ2n) is 3.44. The molecule has 0 fully saturated rings. The van der Waals surface area contributed by atoms with Gasteiger partial charge in [0.2, 0.25) is 0 Å². The fourth-order valence-electron chi connectivity index (χ4n) is 1.08. The quantitative estimate of drug-likeness (QED) is 0.345. The number of nitrogens with one attached hydrogen (secondary N) is 1. The number of rotatable bonds is 4. The summed E-state index contributed by atoms with van der Waals surface area (Å²) in [5.41, 5.74) is 6.06. The number of benzene rings is 1. The van der Waals surface area contributed by atoms with E-state index in [4.69, 9.17) is 10.9 Å². The third kappa shape index (κ3) is 3.37. The van der Waals surface area contributed by atoms with Gasteiger partial charge in [0.15, 0.2) is 0 Å². The molecule has 0 heterocycles. The summed E-state index contributed by atoms with van der Waals surface area (Å²) in [6.45, 7) is 2.27. The molecule has 1 rings (SSSR count). The predicted octanol–water partition coefficient (Wildman–Crippen LogP) is 2.38. The van der Waals surface area contributed by atoms with Gasteiger partial charge >= 0.3 is 0 Å². The Morgan fingerprint density at radius 1 is 1.69 bits per heavy atom. The van der Waals surface area contributed by atoms with Crippen LogP contribution in [0.3, 0.4) is 0 Å². The van der Waals surface area contributed by atoms with Crippen LogP contribution in [-0.4, -0.2) is 17.6 Å². The average Bonchev–Trinajstić information content (AvgIpc) is 2.29. The van der Waals surface area contributed by atoms with E-state index in [-0.39, 0.29) is 17.6 Å². The van der Waals surface area contributed by atoms with Crippen molar-refractivity contribution in [1.82, 2.24) is 0 Å². The number of nitrogens with two attached hydrogens (primary N) is 1. The molecule has 1 aromatic carbocycles. The van der Waals surface area contributed by atoms with Crippen LogP contribution in [0.4, 0.5) is 10.1 Å². The highest BCUT2D eigenvalue weighted by Crippen LogP contribution is 2.19. The molecule has 0 spiro atoms. The Balaban J connectivity index is 2.58. The minimum atomic E-state index is -0.332. The highest BCUT2D eigenvalue weighted by Gasteiger charge is 2.07. The van der Waals surface area contributed by atoms with Crippen LogP contribution in [0.5, 0.6) is 0 Å². The summed E-state index contributed by atoms with van der Waals surface area (Å²) in [7, 11) is 0. The van der Waals surface area contributed by atoms with Crippen LogP contribution in [0, 0.1) is 11.7 Å². The summed E-state index contributed by atoms with van der Waals surface area (Å²) in [5.74, 6) is -0.316. The zero-order chi connectivity index (χ0) is 12.1. The van der Waals surface area contributed by atoms with Crippen molar-refractivity contribution >= 4 is 27.5 Å². The van der Waals surface area contributed by atoms with E-state index in [1.54, 1.807) is 19.1 Å². The Morgan fingerprint density at radius 3 is 2.94 bits per heavy atom. The smallest absolute Gasteiger partial charge is 0.143 e. The van der Waals surface area contributed by atoms with E-state index in [2.05, 4.69) is 26.4 Å². The lowest BCUT2D eigenvalue weighted by Crippen LogP contribution is -2.27. The second-order valence-corrected chi connectivity index (χ2v) is 4.29. The van der Waals surface area contributed by atoms with Gasteiger partial charge in [-0.2, -0.15) is 0 Å².